The zero-order chi connectivity index (χ0) is 8.27. The van der Waals surface area contributed by atoms with Crippen molar-refractivity contribution < 1.29 is 9.41 Å². The maximum Gasteiger partial charge on any atom is 0.241 e. The third-order valence-electron chi connectivity index (χ3n) is 1.45. The third-order valence-corrected chi connectivity index (χ3v) is 1.45. The number of aromatic nitrogens is 1. The second-order valence-electron chi connectivity index (χ2n) is 2.37. The zero-order valence-electron chi connectivity index (χ0n) is 6.87. The third kappa shape index (κ3) is 1.83. The molecule has 3 nitrogen and oxygen atoms in total. The number of hydrogen-bond donors (Lipinski definition) is 1. The van der Waals surface area contributed by atoms with Gasteiger partial charge in [-0.3, -0.25) is 0 Å². The van der Waals surface area contributed by atoms with Crippen LogP contribution in [0.5, 0.6) is 5.75 Å². The number of ether oxygens (including phenoxy) is 1. The highest BCUT2D eigenvalue weighted by Gasteiger charge is 2.03. The molecule has 0 aromatic carbocycles. The van der Waals surface area contributed by atoms with Crippen molar-refractivity contribution in [3.8, 4) is 5.75 Å². The van der Waals surface area contributed by atoms with Crippen molar-refractivity contribution in [1.82, 2.24) is 0 Å². The molecule has 0 aliphatic heterocycles. The Morgan fingerprint density at radius 3 is 3.00 bits per heavy atom. The van der Waals surface area contributed by atoms with Gasteiger partial charge in [-0.1, -0.05) is 4.68 Å². The van der Waals surface area contributed by atoms with E-state index in [1.54, 1.807) is 12.4 Å². The largest absolute Gasteiger partial charge is 0.487 e. The number of nitrogen functional groups attached to an aromatic ring is 1. The SMILES string of the molecule is CCOc1c[n+](N)ccc1C. The number of aryl methyl sites for hydroxylation is 1. The van der Waals surface area contributed by atoms with Gasteiger partial charge in [-0.15, -0.1) is 0 Å². The van der Waals surface area contributed by atoms with Gasteiger partial charge in [0.15, 0.2) is 11.9 Å². The standard InChI is InChI=1S/C8H13N2O/c1-3-11-8-6-10(9)5-4-7(8)2/h4-6H,3,9H2,1-2H3/q+1. The van der Waals surface area contributed by atoms with Crippen molar-refractivity contribution >= 4 is 0 Å². The van der Waals surface area contributed by atoms with E-state index in [0.717, 1.165) is 11.3 Å². The van der Waals surface area contributed by atoms with E-state index in [9.17, 15) is 0 Å². The average molecular weight is 153 g/mol. The molecule has 0 unspecified atom stereocenters. The van der Waals surface area contributed by atoms with Crippen molar-refractivity contribution in [2.24, 2.45) is 0 Å². The topological polar surface area (TPSA) is 39.1 Å². The predicted molar refractivity (Wildman–Crippen MR) is 42.7 cm³/mol. The van der Waals surface area contributed by atoms with Gasteiger partial charge < -0.3 is 4.74 Å². The van der Waals surface area contributed by atoms with Crippen molar-refractivity contribution in [1.29, 1.82) is 0 Å². The molecule has 0 aliphatic rings. The lowest BCUT2D eigenvalue weighted by molar-refractivity contribution is -0.639. The number of rotatable bonds is 2. The Hall–Kier alpha value is -1.25. The molecule has 1 aromatic heterocycles. The summed E-state index contributed by atoms with van der Waals surface area (Å²) in [6, 6.07) is 1.92. The predicted octanol–water partition coefficient (Wildman–Crippen LogP) is 0.395. The monoisotopic (exact) mass is 153 g/mol. The summed E-state index contributed by atoms with van der Waals surface area (Å²) < 4.78 is 6.80. The molecule has 0 radical (unpaired) electrons. The highest BCUT2D eigenvalue weighted by atomic mass is 16.5. The lowest BCUT2D eigenvalue weighted by atomic mass is 10.3. The zero-order valence-corrected chi connectivity index (χ0v) is 6.87. The Bertz CT molecular complexity index is 248. The molecular formula is C8H13N2O+. The van der Waals surface area contributed by atoms with Gasteiger partial charge in [-0.2, -0.15) is 0 Å². The fourth-order valence-corrected chi connectivity index (χ4v) is 0.867. The molecule has 60 valence electrons. The van der Waals surface area contributed by atoms with Gasteiger partial charge in [0.25, 0.3) is 0 Å². The fourth-order valence-electron chi connectivity index (χ4n) is 0.867. The first-order chi connectivity index (χ1) is 5.24. The molecule has 0 fully saturated rings. The number of nitrogens with zero attached hydrogens (tertiary/aromatic N) is 1. The van der Waals surface area contributed by atoms with Crippen LogP contribution in [0.2, 0.25) is 0 Å². The van der Waals surface area contributed by atoms with Crippen LogP contribution in [0, 0.1) is 6.92 Å². The van der Waals surface area contributed by atoms with E-state index in [1.807, 2.05) is 19.9 Å². The van der Waals surface area contributed by atoms with E-state index < -0.39 is 0 Å². The van der Waals surface area contributed by atoms with Crippen molar-refractivity contribution in [2.45, 2.75) is 13.8 Å². The summed E-state index contributed by atoms with van der Waals surface area (Å²) >= 11 is 0. The Morgan fingerprint density at radius 2 is 2.36 bits per heavy atom. The highest BCUT2D eigenvalue weighted by molar-refractivity contribution is 5.25. The molecular weight excluding hydrogens is 140 g/mol. The molecule has 0 saturated heterocycles. The van der Waals surface area contributed by atoms with Crippen LogP contribution in [0.3, 0.4) is 0 Å². The van der Waals surface area contributed by atoms with E-state index in [2.05, 4.69) is 0 Å². The van der Waals surface area contributed by atoms with Gasteiger partial charge in [0.2, 0.25) is 6.20 Å². The molecule has 0 saturated carbocycles. The molecule has 2 N–H and O–H groups in total. The average Bonchev–Trinajstić information content (AvgIpc) is 1.98. The number of pyridine rings is 1. The number of nitrogens with two attached hydrogens (primary N) is 1. The fraction of sp³-hybridized carbons (Fsp3) is 0.375. The molecule has 11 heavy (non-hydrogen) atoms. The maximum absolute atomic E-state index is 5.49. The second kappa shape index (κ2) is 3.23. The number of hydrogen-bond acceptors (Lipinski definition) is 2. The van der Waals surface area contributed by atoms with Crippen LogP contribution < -0.4 is 15.3 Å². The first kappa shape index (κ1) is 7.85. The summed E-state index contributed by atoms with van der Waals surface area (Å²) in [5, 5.41) is 0. The lowest BCUT2D eigenvalue weighted by Gasteiger charge is -2.02. The summed E-state index contributed by atoms with van der Waals surface area (Å²) in [7, 11) is 0. The second-order valence-corrected chi connectivity index (χ2v) is 2.37. The van der Waals surface area contributed by atoms with Gasteiger partial charge in [0.1, 0.15) is 0 Å². The van der Waals surface area contributed by atoms with Gasteiger partial charge in [0.05, 0.1) is 6.61 Å². The molecule has 0 amide bonds. The van der Waals surface area contributed by atoms with Gasteiger partial charge in [0, 0.05) is 11.6 Å². The summed E-state index contributed by atoms with van der Waals surface area (Å²) in [4.78, 5) is 0. The summed E-state index contributed by atoms with van der Waals surface area (Å²) in [5.41, 5.74) is 1.11. The lowest BCUT2D eigenvalue weighted by Crippen LogP contribution is -2.43. The Labute approximate surface area is 66.4 Å². The summed E-state index contributed by atoms with van der Waals surface area (Å²) in [6.45, 7) is 4.61. The van der Waals surface area contributed by atoms with Gasteiger partial charge in [-0.05, 0) is 13.8 Å². The first-order valence-corrected chi connectivity index (χ1v) is 3.64. The van der Waals surface area contributed by atoms with Gasteiger partial charge in [-0.25, -0.2) is 5.84 Å². The van der Waals surface area contributed by atoms with Crippen molar-refractivity contribution in [2.75, 3.05) is 12.4 Å². The quantitative estimate of drug-likeness (QED) is 0.493. The van der Waals surface area contributed by atoms with E-state index in [1.165, 1.54) is 4.68 Å². The van der Waals surface area contributed by atoms with Crippen LogP contribution >= 0.6 is 0 Å². The van der Waals surface area contributed by atoms with Crippen LogP contribution in [0.25, 0.3) is 0 Å². The molecule has 1 aromatic rings. The minimum Gasteiger partial charge on any atom is -0.487 e. The van der Waals surface area contributed by atoms with E-state index in [-0.39, 0.29) is 0 Å². The molecule has 0 bridgehead atoms. The molecule has 0 atom stereocenters. The van der Waals surface area contributed by atoms with Crippen molar-refractivity contribution in [3.05, 3.63) is 24.0 Å². The van der Waals surface area contributed by atoms with Crippen LogP contribution in [0.4, 0.5) is 0 Å². The molecule has 1 rings (SSSR count). The Kier molecular flexibility index (Phi) is 2.31. The molecule has 0 aliphatic carbocycles. The summed E-state index contributed by atoms with van der Waals surface area (Å²) in [6.07, 6.45) is 3.55. The van der Waals surface area contributed by atoms with Crippen LogP contribution in [0.1, 0.15) is 12.5 Å². The minimum absolute atomic E-state index is 0.671. The van der Waals surface area contributed by atoms with Gasteiger partial charge >= 0.3 is 0 Å². The van der Waals surface area contributed by atoms with Crippen LogP contribution in [0.15, 0.2) is 18.5 Å². The van der Waals surface area contributed by atoms with E-state index >= 15 is 0 Å². The molecule has 1 heterocycles. The minimum atomic E-state index is 0.671. The molecule has 0 spiro atoms. The smallest absolute Gasteiger partial charge is 0.241 e. The van der Waals surface area contributed by atoms with Crippen LogP contribution in [-0.4, -0.2) is 6.61 Å². The Morgan fingerprint density at radius 1 is 1.64 bits per heavy atom. The Balaban J connectivity index is 2.93. The van der Waals surface area contributed by atoms with Crippen molar-refractivity contribution in [3.63, 3.8) is 0 Å². The normalized spacial score (nSPS) is 9.64. The van der Waals surface area contributed by atoms with Crippen LogP contribution in [-0.2, 0) is 0 Å². The maximum atomic E-state index is 5.49. The van der Waals surface area contributed by atoms with E-state index in [4.69, 9.17) is 10.6 Å². The molecule has 3 heteroatoms. The first-order valence-electron chi connectivity index (χ1n) is 3.64. The summed E-state index contributed by atoms with van der Waals surface area (Å²) in [5.74, 6) is 6.34. The highest BCUT2D eigenvalue weighted by Crippen LogP contribution is 2.12. The van der Waals surface area contributed by atoms with E-state index in [0.29, 0.717) is 6.61 Å².